The number of aromatic nitrogens is 1. The maximum absolute atomic E-state index is 4.92. The SMILES string of the molecule is CNC1CC(C)(C)Cc2nc(Cc3ccccc3)sc21. The first-order valence-electron chi connectivity index (χ1n) is 7.27. The first kappa shape index (κ1) is 13.8. The van der Waals surface area contributed by atoms with Crippen LogP contribution in [0.1, 0.15) is 47.5 Å². The standard InChI is InChI=1S/C17H22N2S/c1-17(2)10-13(18-3)16-14(11-17)19-15(20-16)9-12-7-5-4-6-8-12/h4-8,13,18H,9-11H2,1-3H3. The van der Waals surface area contributed by atoms with Crippen LogP contribution in [-0.4, -0.2) is 12.0 Å². The third kappa shape index (κ3) is 2.79. The third-order valence-corrected chi connectivity index (χ3v) is 5.25. The molecule has 1 heterocycles. The molecule has 1 unspecified atom stereocenters. The smallest absolute Gasteiger partial charge is 0.0975 e. The van der Waals surface area contributed by atoms with Gasteiger partial charge in [0.05, 0.1) is 10.7 Å². The van der Waals surface area contributed by atoms with Crippen LogP contribution in [0.3, 0.4) is 0 Å². The summed E-state index contributed by atoms with van der Waals surface area (Å²) in [6.45, 7) is 4.69. The number of nitrogens with one attached hydrogen (secondary N) is 1. The minimum atomic E-state index is 0.346. The van der Waals surface area contributed by atoms with E-state index in [-0.39, 0.29) is 0 Å². The Labute approximate surface area is 125 Å². The molecular weight excluding hydrogens is 264 g/mol. The van der Waals surface area contributed by atoms with Crippen LogP contribution in [0.2, 0.25) is 0 Å². The summed E-state index contributed by atoms with van der Waals surface area (Å²) >= 11 is 1.89. The van der Waals surface area contributed by atoms with Gasteiger partial charge in [0.1, 0.15) is 0 Å². The fourth-order valence-electron chi connectivity index (χ4n) is 3.06. The Kier molecular flexibility index (Phi) is 3.65. The maximum Gasteiger partial charge on any atom is 0.0975 e. The molecule has 0 aliphatic heterocycles. The maximum atomic E-state index is 4.92. The zero-order valence-electron chi connectivity index (χ0n) is 12.4. The molecule has 1 aliphatic carbocycles. The summed E-state index contributed by atoms with van der Waals surface area (Å²) in [7, 11) is 2.06. The highest BCUT2D eigenvalue weighted by Gasteiger charge is 2.34. The first-order valence-corrected chi connectivity index (χ1v) is 8.09. The van der Waals surface area contributed by atoms with Crippen LogP contribution in [-0.2, 0) is 12.8 Å². The Morgan fingerprint density at radius 2 is 2.05 bits per heavy atom. The quantitative estimate of drug-likeness (QED) is 0.923. The van der Waals surface area contributed by atoms with Crippen LogP contribution in [0.15, 0.2) is 30.3 Å². The molecular formula is C17H22N2S. The molecule has 3 heteroatoms. The highest BCUT2D eigenvalue weighted by atomic mass is 32.1. The van der Waals surface area contributed by atoms with Crippen molar-refractivity contribution < 1.29 is 0 Å². The van der Waals surface area contributed by atoms with Gasteiger partial charge in [0.15, 0.2) is 0 Å². The topological polar surface area (TPSA) is 24.9 Å². The van der Waals surface area contributed by atoms with Crippen molar-refractivity contribution >= 4 is 11.3 Å². The number of hydrogen-bond donors (Lipinski definition) is 1. The largest absolute Gasteiger partial charge is 0.312 e. The molecule has 0 saturated carbocycles. The van der Waals surface area contributed by atoms with Gasteiger partial charge in [-0.1, -0.05) is 44.2 Å². The van der Waals surface area contributed by atoms with E-state index in [0.29, 0.717) is 11.5 Å². The van der Waals surface area contributed by atoms with Crippen LogP contribution >= 0.6 is 11.3 Å². The summed E-state index contributed by atoms with van der Waals surface area (Å²) in [4.78, 5) is 6.37. The summed E-state index contributed by atoms with van der Waals surface area (Å²) < 4.78 is 0. The molecule has 1 aromatic carbocycles. The Bertz CT molecular complexity index is 586. The molecule has 2 nitrogen and oxygen atoms in total. The van der Waals surface area contributed by atoms with Crippen LogP contribution < -0.4 is 5.32 Å². The van der Waals surface area contributed by atoms with Crippen molar-refractivity contribution in [3.8, 4) is 0 Å². The van der Waals surface area contributed by atoms with Gasteiger partial charge in [0.2, 0.25) is 0 Å². The van der Waals surface area contributed by atoms with E-state index in [1.807, 2.05) is 11.3 Å². The van der Waals surface area contributed by atoms with E-state index < -0.39 is 0 Å². The lowest BCUT2D eigenvalue weighted by molar-refractivity contribution is 0.265. The normalized spacial score (nSPS) is 20.6. The Morgan fingerprint density at radius 3 is 2.75 bits per heavy atom. The molecule has 0 fully saturated rings. The highest BCUT2D eigenvalue weighted by Crippen LogP contribution is 2.43. The molecule has 20 heavy (non-hydrogen) atoms. The molecule has 0 saturated heterocycles. The van der Waals surface area contributed by atoms with Crippen LogP contribution in [0, 0.1) is 5.41 Å². The summed E-state index contributed by atoms with van der Waals surface area (Å²) in [5, 5.41) is 4.71. The van der Waals surface area contributed by atoms with E-state index in [0.717, 1.165) is 12.8 Å². The number of nitrogens with zero attached hydrogens (tertiary/aromatic N) is 1. The van der Waals surface area contributed by atoms with Crippen molar-refractivity contribution in [1.29, 1.82) is 0 Å². The van der Waals surface area contributed by atoms with Crippen LogP contribution in [0.4, 0.5) is 0 Å². The molecule has 1 atom stereocenters. The molecule has 0 spiro atoms. The minimum absolute atomic E-state index is 0.346. The average molecular weight is 286 g/mol. The van der Waals surface area contributed by atoms with Gasteiger partial charge in [-0.3, -0.25) is 0 Å². The van der Waals surface area contributed by atoms with Gasteiger partial charge >= 0.3 is 0 Å². The van der Waals surface area contributed by atoms with Crippen molar-refractivity contribution in [2.45, 2.75) is 39.2 Å². The van der Waals surface area contributed by atoms with E-state index in [4.69, 9.17) is 4.98 Å². The fraction of sp³-hybridized carbons (Fsp3) is 0.471. The van der Waals surface area contributed by atoms with Gasteiger partial charge in [-0.2, -0.15) is 0 Å². The predicted octanol–water partition coefficient (Wildman–Crippen LogP) is 3.97. The van der Waals surface area contributed by atoms with E-state index in [1.54, 1.807) is 0 Å². The third-order valence-electron chi connectivity index (χ3n) is 4.04. The molecule has 106 valence electrons. The lowest BCUT2D eigenvalue weighted by Gasteiger charge is -2.34. The Balaban J connectivity index is 1.88. The fourth-order valence-corrected chi connectivity index (χ4v) is 4.29. The lowest BCUT2D eigenvalue weighted by Crippen LogP contribution is -2.30. The van der Waals surface area contributed by atoms with Gasteiger partial charge < -0.3 is 5.32 Å². The van der Waals surface area contributed by atoms with Gasteiger partial charge in [-0.05, 0) is 30.9 Å². The van der Waals surface area contributed by atoms with Crippen LogP contribution in [0.25, 0.3) is 0 Å². The molecule has 0 radical (unpaired) electrons. The molecule has 3 rings (SSSR count). The molecule has 2 aromatic rings. The Hall–Kier alpha value is -1.19. The predicted molar refractivity (Wildman–Crippen MR) is 85.3 cm³/mol. The first-order chi connectivity index (χ1) is 9.57. The number of hydrogen-bond acceptors (Lipinski definition) is 3. The van der Waals surface area contributed by atoms with Gasteiger partial charge in [-0.15, -0.1) is 11.3 Å². The van der Waals surface area contributed by atoms with Gasteiger partial charge in [0, 0.05) is 17.3 Å². The van der Waals surface area contributed by atoms with Gasteiger partial charge in [-0.25, -0.2) is 4.98 Å². The summed E-state index contributed by atoms with van der Waals surface area (Å²) in [6.07, 6.45) is 3.25. The van der Waals surface area contributed by atoms with E-state index >= 15 is 0 Å². The van der Waals surface area contributed by atoms with Crippen molar-refractivity contribution in [2.75, 3.05) is 7.05 Å². The second-order valence-corrected chi connectivity index (χ2v) is 7.58. The van der Waals surface area contributed by atoms with Crippen LogP contribution in [0.5, 0.6) is 0 Å². The monoisotopic (exact) mass is 286 g/mol. The number of rotatable bonds is 3. The van der Waals surface area contributed by atoms with Crippen molar-refractivity contribution in [3.05, 3.63) is 51.5 Å². The second-order valence-electron chi connectivity index (χ2n) is 6.47. The zero-order valence-corrected chi connectivity index (χ0v) is 13.3. The minimum Gasteiger partial charge on any atom is -0.312 e. The lowest BCUT2D eigenvalue weighted by atomic mass is 9.76. The second kappa shape index (κ2) is 5.30. The van der Waals surface area contributed by atoms with Crippen molar-refractivity contribution in [1.82, 2.24) is 10.3 Å². The highest BCUT2D eigenvalue weighted by molar-refractivity contribution is 7.11. The Morgan fingerprint density at radius 1 is 1.30 bits per heavy atom. The van der Waals surface area contributed by atoms with Gasteiger partial charge in [0.25, 0.3) is 0 Å². The van der Waals surface area contributed by atoms with E-state index in [9.17, 15) is 0 Å². The molecule has 1 aliphatic rings. The summed E-state index contributed by atoms with van der Waals surface area (Å²) in [5.74, 6) is 0. The van der Waals surface area contributed by atoms with E-state index in [2.05, 4.69) is 56.5 Å². The van der Waals surface area contributed by atoms with Crippen molar-refractivity contribution in [3.63, 3.8) is 0 Å². The number of thiazole rings is 1. The summed E-state index contributed by atoms with van der Waals surface area (Å²) in [6, 6.07) is 11.1. The molecule has 1 aromatic heterocycles. The molecule has 0 bridgehead atoms. The number of benzene rings is 1. The average Bonchev–Trinajstić information content (AvgIpc) is 2.79. The molecule has 1 N–H and O–H groups in total. The van der Waals surface area contributed by atoms with E-state index in [1.165, 1.54) is 27.6 Å². The zero-order chi connectivity index (χ0) is 14.2. The molecule has 0 amide bonds. The summed E-state index contributed by atoms with van der Waals surface area (Å²) in [5.41, 5.74) is 3.01. The number of fused-ring (bicyclic) bond motifs is 1. The van der Waals surface area contributed by atoms with Crippen molar-refractivity contribution in [2.24, 2.45) is 5.41 Å².